The highest BCUT2D eigenvalue weighted by atomic mass is 16.4. The Morgan fingerprint density at radius 3 is 1.96 bits per heavy atom. The van der Waals surface area contributed by atoms with E-state index in [0.29, 0.717) is 22.9 Å². The first kappa shape index (κ1) is 18.3. The van der Waals surface area contributed by atoms with E-state index in [1.54, 1.807) is 38.4 Å². The molecular weight excluding hydrogens is 344 g/mol. The highest BCUT2D eigenvalue weighted by molar-refractivity contribution is 5.96. The molecule has 0 fully saturated rings. The number of amides is 2. The topological polar surface area (TPSA) is 88.3 Å². The number of benzene rings is 2. The second-order valence-electron chi connectivity index (χ2n) is 6.33. The van der Waals surface area contributed by atoms with Gasteiger partial charge in [0.05, 0.1) is 6.54 Å². The number of rotatable bonds is 5. The molecule has 0 aliphatic rings. The minimum atomic E-state index is -0.317. The molecule has 1 heterocycles. The summed E-state index contributed by atoms with van der Waals surface area (Å²) in [5.74, 6) is 0.325. The van der Waals surface area contributed by atoms with Gasteiger partial charge >= 0.3 is 0 Å². The quantitative estimate of drug-likeness (QED) is 0.752. The van der Waals surface area contributed by atoms with Gasteiger partial charge in [0.1, 0.15) is 0 Å². The van der Waals surface area contributed by atoms with Gasteiger partial charge in [0.15, 0.2) is 0 Å². The van der Waals surface area contributed by atoms with Crippen LogP contribution in [0, 0.1) is 6.92 Å². The summed E-state index contributed by atoms with van der Waals surface area (Å²) in [4.78, 5) is 25.1. The summed E-state index contributed by atoms with van der Waals surface area (Å²) in [6, 6.07) is 14.6. The Morgan fingerprint density at radius 1 is 0.926 bits per heavy atom. The molecule has 2 aromatic carbocycles. The van der Waals surface area contributed by atoms with Crippen LogP contribution in [-0.2, 0) is 4.79 Å². The lowest BCUT2D eigenvalue weighted by molar-refractivity contribution is -0.127. The molecule has 7 heteroatoms. The zero-order chi connectivity index (χ0) is 19.4. The van der Waals surface area contributed by atoms with Crippen LogP contribution in [0.4, 0.5) is 0 Å². The predicted octanol–water partition coefficient (Wildman–Crippen LogP) is 2.53. The van der Waals surface area contributed by atoms with Crippen molar-refractivity contribution in [2.75, 3.05) is 20.6 Å². The highest BCUT2D eigenvalue weighted by Crippen LogP contribution is 2.24. The molecule has 0 atom stereocenters. The van der Waals surface area contributed by atoms with E-state index in [4.69, 9.17) is 4.42 Å². The molecule has 0 aliphatic heterocycles. The van der Waals surface area contributed by atoms with Crippen molar-refractivity contribution in [3.63, 3.8) is 0 Å². The number of nitrogens with zero attached hydrogens (tertiary/aromatic N) is 3. The van der Waals surface area contributed by atoms with Crippen LogP contribution in [0.5, 0.6) is 0 Å². The van der Waals surface area contributed by atoms with Crippen LogP contribution in [0.3, 0.4) is 0 Å². The molecular formula is C20H20N4O3. The number of aromatic nitrogens is 2. The Morgan fingerprint density at radius 2 is 1.44 bits per heavy atom. The number of likely N-dealkylation sites (N-methyl/N-ethyl adjacent to an activating group) is 1. The summed E-state index contributed by atoms with van der Waals surface area (Å²) < 4.78 is 5.73. The molecule has 27 heavy (non-hydrogen) atoms. The van der Waals surface area contributed by atoms with Gasteiger partial charge < -0.3 is 14.6 Å². The number of carbonyl (C=O) groups is 2. The van der Waals surface area contributed by atoms with Crippen molar-refractivity contribution >= 4 is 11.8 Å². The molecule has 0 unspecified atom stereocenters. The Balaban J connectivity index is 1.69. The largest absolute Gasteiger partial charge is 0.416 e. The van der Waals surface area contributed by atoms with Crippen molar-refractivity contribution in [1.29, 1.82) is 0 Å². The maximum Gasteiger partial charge on any atom is 0.251 e. The number of carbonyl (C=O) groups excluding carboxylic acids is 2. The van der Waals surface area contributed by atoms with Gasteiger partial charge in [0.25, 0.3) is 5.91 Å². The first-order chi connectivity index (χ1) is 12.9. The van der Waals surface area contributed by atoms with E-state index in [1.807, 2.05) is 31.2 Å². The molecule has 0 saturated carbocycles. The summed E-state index contributed by atoms with van der Waals surface area (Å²) in [5.41, 5.74) is 3.16. The van der Waals surface area contributed by atoms with E-state index < -0.39 is 0 Å². The van der Waals surface area contributed by atoms with E-state index in [2.05, 4.69) is 15.5 Å². The normalized spacial score (nSPS) is 10.5. The maximum atomic E-state index is 12.1. The van der Waals surface area contributed by atoms with E-state index in [9.17, 15) is 9.59 Å². The molecule has 3 rings (SSSR count). The lowest BCUT2D eigenvalue weighted by Crippen LogP contribution is -2.36. The third-order valence-electron chi connectivity index (χ3n) is 4.02. The Labute approximate surface area is 157 Å². The second-order valence-corrected chi connectivity index (χ2v) is 6.33. The molecule has 7 nitrogen and oxygen atoms in total. The van der Waals surface area contributed by atoms with Gasteiger partial charge in [-0.1, -0.05) is 17.7 Å². The van der Waals surface area contributed by atoms with Crippen molar-refractivity contribution in [2.45, 2.75) is 6.92 Å². The van der Waals surface area contributed by atoms with Gasteiger partial charge in [0.2, 0.25) is 17.7 Å². The number of aryl methyl sites for hydroxylation is 1. The number of hydrogen-bond acceptors (Lipinski definition) is 5. The van der Waals surface area contributed by atoms with Crippen LogP contribution in [-0.4, -0.2) is 47.6 Å². The maximum absolute atomic E-state index is 12.1. The highest BCUT2D eigenvalue weighted by Gasteiger charge is 2.13. The van der Waals surface area contributed by atoms with E-state index in [1.165, 1.54) is 4.90 Å². The minimum Gasteiger partial charge on any atom is -0.416 e. The summed E-state index contributed by atoms with van der Waals surface area (Å²) >= 11 is 0. The van der Waals surface area contributed by atoms with Crippen molar-refractivity contribution in [3.8, 4) is 22.9 Å². The lowest BCUT2D eigenvalue weighted by Gasteiger charge is -2.10. The fraction of sp³-hybridized carbons (Fsp3) is 0.200. The van der Waals surface area contributed by atoms with Gasteiger partial charge in [0, 0.05) is 30.8 Å². The third-order valence-corrected chi connectivity index (χ3v) is 4.02. The average Bonchev–Trinajstić information content (AvgIpc) is 3.16. The van der Waals surface area contributed by atoms with Crippen LogP contribution in [0.2, 0.25) is 0 Å². The zero-order valence-electron chi connectivity index (χ0n) is 15.4. The Kier molecular flexibility index (Phi) is 5.30. The predicted molar refractivity (Wildman–Crippen MR) is 101 cm³/mol. The molecule has 0 spiro atoms. The SMILES string of the molecule is Cc1ccc(-c2nnc(-c3ccc(C(=O)NCC(=O)N(C)C)cc3)o2)cc1. The van der Waals surface area contributed by atoms with Gasteiger partial charge in [-0.05, 0) is 43.3 Å². The molecule has 0 saturated heterocycles. The molecule has 1 N–H and O–H groups in total. The smallest absolute Gasteiger partial charge is 0.251 e. The molecule has 138 valence electrons. The van der Waals surface area contributed by atoms with Crippen molar-refractivity contribution < 1.29 is 14.0 Å². The first-order valence-electron chi connectivity index (χ1n) is 8.43. The van der Waals surface area contributed by atoms with Crippen LogP contribution in [0.15, 0.2) is 52.9 Å². The summed E-state index contributed by atoms with van der Waals surface area (Å²) in [6.45, 7) is 1.97. The van der Waals surface area contributed by atoms with E-state index >= 15 is 0 Å². The second kappa shape index (κ2) is 7.82. The molecule has 1 aromatic heterocycles. The summed E-state index contributed by atoms with van der Waals surface area (Å²) in [5, 5.41) is 10.7. The fourth-order valence-corrected chi connectivity index (χ4v) is 2.33. The van der Waals surface area contributed by atoms with Crippen molar-refractivity contribution in [3.05, 3.63) is 59.7 Å². The number of nitrogens with one attached hydrogen (secondary N) is 1. The van der Waals surface area contributed by atoms with Crippen LogP contribution in [0.25, 0.3) is 22.9 Å². The molecule has 2 amide bonds. The molecule has 0 aliphatic carbocycles. The first-order valence-corrected chi connectivity index (χ1v) is 8.43. The van der Waals surface area contributed by atoms with E-state index in [0.717, 1.165) is 11.1 Å². The fourth-order valence-electron chi connectivity index (χ4n) is 2.33. The molecule has 0 radical (unpaired) electrons. The van der Waals surface area contributed by atoms with Crippen molar-refractivity contribution in [2.24, 2.45) is 0 Å². The number of hydrogen-bond donors (Lipinski definition) is 1. The van der Waals surface area contributed by atoms with Gasteiger partial charge in [-0.2, -0.15) is 0 Å². The standard InChI is InChI=1S/C20H20N4O3/c1-13-4-6-15(7-5-13)19-22-23-20(27-19)16-10-8-14(9-11-16)18(26)21-12-17(25)24(2)3/h4-11H,12H2,1-3H3,(H,21,26). The van der Waals surface area contributed by atoms with Gasteiger partial charge in [-0.3, -0.25) is 9.59 Å². The Bertz CT molecular complexity index is 944. The van der Waals surface area contributed by atoms with Gasteiger partial charge in [-0.15, -0.1) is 10.2 Å². The zero-order valence-corrected chi connectivity index (χ0v) is 15.4. The lowest BCUT2D eigenvalue weighted by atomic mass is 10.1. The monoisotopic (exact) mass is 364 g/mol. The molecule has 3 aromatic rings. The van der Waals surface area contributed by atoms with Crippen LogP contribution < -0.4 is 5.32 Å². The van der Waals surface area contributed by atoms with Crippen LogP contribution >= 0.6 is 0 Å². The summed E-state index contributed by atoms with van der Waals surface area (Å²) in [7, 11) is 3.27. The van der Waals surface area contributed by atoms with E-state index in [-0.39, 0.29) is 18.4 Å². The minimum absolute atomic E-state index is 0.0445. The third kappa shape index (κ3) is 4.38. The molecule has 0 bridgehead atoms. The van der Waals surface area contributed by atoms with Crippen LogP contribution in [0.1, 0.15) is 15.9 Å². The summed E-state index contributed by atoms with van der Waals surface area (Å²) in [6.07, 6.45) is 0. The van der Waals surface area contributed by atoms with Gasteiger partial charge in [-0.25, -0.2) is 0 Å². The Hall–Kier alpha value is -3.48. The van der Waals surface area contributed by atoms with Crippen molar-refractivity contribution in [1.82, 2.24) is 20.4 Å². The average molecular weight is 364 g/mol.